The molecule has 0 aromatic carbocycles. The van der Waals surface area contributed by atoms with Gasteiger partial charge in [0.25, 0.3) is 10.0 Å². The van der Waals surface area contributed by atoms with E-state index in [1.54, 1.807) is 12.1 Å². The molecule has 0 radical (unpaired) electrons. The Bertz CT molecular complexity index is 527. The van der Waals surface area contributed by atoms with Crippen molar-refractivity contribution in [1.29, 1.82) is 5.26 Å². The minimum absolute atomic E-state index is 0.340. The molecule has 0 aliphatic carbocycles. The van der Waals surface area contributed by atoms with Gasteiger partial charge in [0.1, 0.15) is 10.3 Å². The highest BCUT2D eigenvalue weighted by atomic mass is 32.2. The van der Waals surface area contributed by atoms with Crippen molar-refractivity contribution in [2.75, 3.05) is 6.54 Å². The van der Waals surface area contributed by atoms with Gasteiger partial charge in [0.2, 0.25) is 0 Å². The molecule has 1 atom stereocenters. The van der Waals surface area contributed by atoms with E-state index >= 15 is 0 Å². The number of hydrogen-bond donors (Lipinski definition) is 0. The van der Waals surface area contributed by atoms with Gasteiger partial charge in [-0.2, -0.15) is 9.57 Å². The molecule has 1 saturated heterocycles. The molecule has 0 amide bonds. The van der Waals surface area contributed by atoms with Crippen LogP contribution in [0.1, 0.15) is 17.7 Å². The van der Waals surface area contributed by atoms with Crippen LogP contribution in [0.3, 0.4) is 0 Å². The molecular formula is C10H12N2O2S2. The minimum Gasteiger partial charge on any atom is -0.206 e. The SMILES string of the molecule is Cc1ccc(S(=O)(=O)N2CCCC2C#N)s1. The number of thiophene rings is 1. The average Bonchev–Trinajstić information content (AvgIpc) is 2.85. The van der Waals surface area contributed by atoms with Crippen molar-refractivity contribution in [1.82, 2.24) is 4.31 Å². The Morgan fingerprint density at radius 3 is 2.88 bits per heavy atom. The van der Waals surface area contributed by atoms with E-state index in [0.29, 0.717) is 17.2 Å². The van der Waals surface area contributed by atoms with Crippen molar-refractivity contribution in [3.8, 4) is 6.07 Å². The quantitative estimate of drug-likeness (QED) is 0.809. The molecule has 1 aliphatic rings. The van der Waals surface area contributed by atoms with Crippen LogP contribution in [0.2, 0.25) is 0 Å². The summed E-state index contributed by atoms with van der Waals surface area (Å²) in [4.78, 5) is 0.964. The molecule has 0 N–H and O–H groups in total. The van der Waals surface area contributed by atoms with Crippen LogP contribution in [0.5, 0.6) is 0 Å². The maximum atomic E-state index is 12.2. The van der Waals surface area contributed by atoms with Gasteiger partial charge in [-0.25, -0.2) is 8.42 Å². The number of sulfonamides is 1. The number of rotatable bonds is 2. The third-order valence-corrected chi connectivity index (χ3v) is 6.01. The average molecular weight is 256 g/mol. The zero-order valence-corrected chi connectivity index (χ0v) is 10.5. The summed E-state index contributed by atoms with van der Waals surface area (Å²) in [5.74, 6) is 0. The maximum absolute atomic E-state index is 12.2. The Balaban J connectivity index is 2.36. The summed E-state index contributed by atoms with van der Waals surface area (Å²) in [6, 6.07) is 4.95. The first-order valence-corrected chi connectivity index (χ1v) is 7.29. The number of aryl methyl sites for hydroxylation is 1. The van der Waals surface area contributed by atoms with Gasteiger partial charge in [-0.1, -0.05) is 0 Å². The van der Waals surface area contributed by atoms with E-state index in [4.69, 9.17) is 5.26 Å². The van der Waals surface area contributed by atoms with Crippen LogP contribution >= 0.6 is 11.3 Å². The topological polar surface area (TPSA) is 61.2 Å². The second-order valence-corrected chi connectivity index (χ2v) is 7.17. The lowest BCUT2D eigenvalue weighted by Crippen LogP contribution is -2.34. The molecule has 1 unspecified atom stereocenters. The molecule has 2 heterocycles. The molecule has 4 nitrogen and oxygen atoms in total. The van der Waals surface area contributed by atoms with Crippen molar-refractivity contribution >= 4 is 21.4 Å². The molecule has 0 bridgehead atoms. The summed E-state index contributed by atoms with van der Waals surface area (Å²) in [5, 5.41) is 8.90. The second-order valence-electron chi connectivity index (χ2n) is 3.77. The van der Waals surface area contributed by atoms with Gasteiger partial charge in [0, 0.05) is 11.4 Å². The van der Waals surface area contributed by atoms with Crippen molar-refractivity contribution in [3.05, 3.63) is 17.0 Å². The largest absolute Gasteiger partial charge is 0.253 e. The number of nitriles is 1. The van der Waals surface area contributed by atoms with Gasteiger partial charge in [-0.15, -0.1) is 11.3 Å². The lowest BCUT2D eigenvalue weighted by molar-refractivity contribution is 0.439. The van der Waals surface area contributed by atoms with E-state index in [2.05, 4.69) is 0 Å². The summed E-state index contributed by atoms with van der Waals surface area (Å²) in [6.07, 6.45) is 1.40. The van der Waals surface area contributed by atoms with E-state index in [1.807, 2.05) is 13.0 Å². The van der Waals surface area contributed by atoms with E-state index in [-0.39, 0.29) is 0 Å². The van der Waals surface area contributed by atoms with Crippen LogP contribution in [0.15, 0.2) is 16.3 Å². The van der Waals surface area contributed by atoms with Gasteiger partial charge in [-0.05, 0) is 31.9 Å². The summed E-state index contributed by atoms with van der Waals surface area (Å²) in [6.45, 7) is 2.33. The highest BCUT2D eigenvalue weighted by Gasteiger charge is 2.35. The van der Waals surface area contributed by atoms with Crippen LogP contribution < -0.4 is 0 Å². The van der Waals surface area contributed by atoms with E-state index in [9.17, 15) is 8.42 Å². The first kappa shape index (κ1) is 11.6. The summed E-state index contributed by atoms with van der Waals surface area (Å²) in [5.41, 5.74) is 0. The molecule has 2 rings (SSSR count). The van der Waals surface area contributed by atoms with Gasteiger partial charge in [0.05, 0.1) is 6.07 Å². The third kappa shape index (κ3) is 1.86. The van der Waals surface area contributed by atoms with Gasteiger partial charge >= 0.3 is 0 Å². The lowest BCUT2D eigenvalue weighted by Gasteiger charge is -2.17. The Morgan fingerprint density at radius 2 is 2.31 bits per heavy atom. The monoisotopic (exact) mass is 256 g/mol. The summed E-state index contributed by atoms with van der Waals surface area (Å²) < 4.78 is 26.1. The van der Waals surface area contributed by atoms with Crippen molar-refractivity contribution in [2.24, 2.45) is 0 Å². The molecule has 1 aromatic heterocycles. The maximum Gasteiger partial charge on any atom is 0.253 e. The molecule has 0 spiro atoms. The van der Waals surface area contributed by atoms with Crippen LogP contribution in [0.4, 0.5) is 0 Å². The van der Waals surface area contributed by atoms with Crippen LogP contribution in [0, 0.1) is 18.3 Å². The Morgan fingerprint density at radius 1 is 1.56 bits per heavy atom. The summed E-state index contributed by atoms with van der Waals surface area (Å²) >= 11 is 1.26. The lowest BCUT2D eigenvalue weighted by atomic mass is 10.2. The highest BCUT2D eigenvalue weighted by Crippen LogP contribution is 2.29. The predicted octanol–water partition coefficient (Wildman–Crippen LogP) is 1.73. The van der Waals surface area contributed by atoms with E-state index in [1.165, 1.54) is 15.6 Å². The molecule has 86 valence electrons. The Hall–Kier alpha value is -0.900. The Labute approximate surface area is 99.2 Å². The van der Waals surface area contributed by atoms with Crippen LogP contribution in [-0.2, 0) is 10.0 Å². The van der Waals surface area contributed by atoms with Crippen molar-refractivity contribution in [2.45, 2.75) is 30.0 Å². The normalized spacial score (nSPS) is 22.1. The molecule has 16 heavy (non-hydrogen) atoms. The fourth-order valence-electron chi connectivity index (χ4n) is 1.82. The zero-order valence-electron chi connectivity index (χ0n) is 8.88. The van der Waals surface area contributed by atoms with E-state index < -0.39 is 16.1 Å². The second kappa shape index (κ2) is 4.17. The fourth-order valence-corrected chi connectivity index (χ4v) is 4.84. The van der Waals surface area contributed by atoms with Gasteiger partial charge in [0.15, 0.2) is 0 Å². The molecule has 6 heteroatoms. The first-order valence-electron chi connectivity index (χ1n) is 5.03. The minimum atomic E-state index is -3.45. The fraction of sp³-hybridized carbons (Fsp3) is 0.500. The van der Waals surface area contributed by atoms with Gasteiger partial charge in [-0.3, -0.25) is 0 Å². The molecule has 1 aromatic rings. The molecule has 1 aliphatic heterocycles. The smallest absolute Gasteiger partial charge is 0.206 e. The number of nitrogens with zero attached hydrogens (tertiary/aromatic N) is 2. The molecule has 0 saturated carbocycles. The Kier molecular flexibility index (Phi) is 3.02. The summed E-state index contributed by atoms with van der Waals surface area (Å²) in [7, 11) is -3.45. The van der Waals surface area contributed by atoms with Crippen molar-refractivity contribution < 1.29 is 8.42 Å². The molecular weight excluding hydrogens is 244 g/mol. The standard InChI is InChI=1S/C10H12N2O2S2/c1-8-4-5-10(15-8)16(13,14)12-6-2-3-9(12)7-11/h4-5,9H,2-3,6H2,1H3. The van der Waals surface area contributed by atoms with Crippen LogP contribution in [0.25, 0.3) is 0 Å². The molecule has 1 fully saturated rings. The first-order chi connectivity index (χ1) is 7.55. The number of hydrogen-bond acceptors (Lipinski definition) is 4. The predicted molar refractivity (Wildman–Crippen MR) is 61.6 cm³/mol. The van der Waals surface area contributed by atoms with Crippen molar-refractivity contribution in [3.63, 3.8) is 0 Å². The van der Waals surface area contributed by atoms with Crippen LogP contribution in [-0.4, -0.2) is 25.3 Å². The van der Waals surface area contributed by atoms with E-state index in [0.717, 1.165) is 11.3 Å². The highest BCUT2D eigenvalue weighted by molar-refractivity contribution is 7.91. The third-order valence-electron chi connectivity index (χ3n) is 2.63. The van der Waals surface area contributed by atoms with Gasteiger partial charge < -0.3 is 0 Å². The zero-order chi connectivity index (χ0) is 11.8.